The number of aromatic nitrogens is 2. The van der Waals surface area contributed by atoms with E-state index in [1.807, 2.05) is 18.5 Å². The number of nitrogens with zero attached hydrogens (tertiary/aromatic N) is 2. The molecule has 4 heteroatoms. The van der Waals surface area contributed by atoms with Crippen molar-refractivity contribution in [1.82, 2.24) is 15.3 Å². The molecule has 1 N–H and O–H groups in total. The van der Waals surface area contributed by atoms with Crippen LogP contribution in [-0.4, -0.2) is 16.0 Å². The Hall–Kier alpha value is -1.94. The maximum absolute atomic E-state index is 5.75. The molecule has 2 aliphatic rings. The average Bonchev–Trinajstić information content (AvgIpc) is 3.23. The molecule has 0 amide bonds. The highest BCUT2D eigenvalue weighted by molar-refractivity contribution is 5.39. The van der Waals surface area contributed by atoms with Crippen LogP contribution in [0.1, 0.15) is 36.0 Å². The van der Waals surface area contributed by atoms with Gasteiger partial charge in [-0.3, -0.25) is 0 Å². The topological polar surface area (TPSA) is 47.0 Å². The Labute approximate surface area is 124 Å². The van der Waals surface area contributed by atoms with Crippen LogP contribution in [0.5, 0.6) is 11.8 Å². The standard InChI is InChI=1S/C17H19N3O/c1-2-13-4-7-16(8-14(13)3-1)21-17-19-10-12(11-20-17)9-18-15-5-6-15/h4,7-8,10-11,15,18H,1-3,5-6,9H2. The second-order valence-corrected chi connectivity index (χ2v) is 5.92. The second kappa shape index (κ2) is 5.45. The molecule has 108 valence electrons. The molecule has 0 aliphatic heterocycles. The minimum atomic E-state index is 0.420. The normalized spacial score (nSPS) is 16.8. The zero-order valence-electron chi connectivity index (χ0n) is 12.0. The monoisotopic (exact) mass is 281 g/mol. The van der Waals surface area contributed by atoms with E-state index in [9.17, 15) is 0 Å². The first kappa shape index (κ1) is 12.8. The van der Waals surface area contributed by atoms with Crippen molar-refractivity contribution in [3.05, 3.63) is 47.3 Å². The van der Waals surface area contributed by atoms with Crippen molar-refractivity contribution >= 4 is 0 Å². The van der Waals surface area contributed by atoms with Gasteiger partial charge in [-0.25, -0.2) is 9.97 Å². The smallest absolute Gasteiger partial charge is 0.321 e. The number of fused-ring (bicyclic) bond motifs is 1. The van der Waals surface area contributed by atoms with Crippen LogP contribution in [-0.2, 0) is 19.4 Å². The molecule has 1 fully saturated rings. The fourth-order valence-corrected chi connectivity index (χ4v) is 2.75. The van der Waals surface area contributed by atoms with Gasteiger partial charge >= 0.3 is 6.01 Å². The summed E-state index contributed by atoms with van der Waals surface area (Å²) < 4.78 is 5.75. The summed E-state index contributed by atoms with van der Waals surface area (Å²) in [7, 11) is 0. The molecule has 4 rings (SSSR count). The van der Waals surface area contributed by atoms with E-state index >= 15 is 0 Å². The molecule has 4 nitrogen and oxygen atoms in total. The van der Waals surface area contributed by atoms with Gasteiger partial charge in [0.05, 0.1) is 0 Å². The minimum absolute atomic E-state index is 0.420. The molecule has 0 atom stereocenters. The first-order valence-corrected chi connectivity index (χ1v) is 7.71. The van der Waals surface area contributed by atoms with E-state index in [-0.39, 0.29) is 0 Å². The number of rotatable bonds is 5. The minimum Gasteiger partial charge on any atom is -0.424 e. The molecule has 1 aromatic heterocycles. The number of benzene rings is 1. The van der Waals surface area contributed by atoms with Gasteiger partial charge < -0.3 is 10.1 Å². The maximum atomic E-state index is 5.75. The summed E-state index contributed by atoms with van der Waals surface area (Å²) >= 11 is 0. The molecular weight excluding hydrogens is 262 g/mol. The van der Waals surface area contributed by atoms with Crippen LogP contribution in [0, 0.1) is 0 Å². The van der Waals surface area contributed by atoms with Crippen LogP contribution in [0.25, 0.3) is 0 Å². The first-order chi connectivity index (χ1) is 10.4. The third kappa shape index (κ3) is 3.05. The van der Waals surface area contributed by atoms with E-state index in [1.54, 1.807) is 0 Å². The highest BCUT2D eigenvalue weighted by Crippen LogP contribution is 2.27. The Bertz CT molecular complexity index is 635. The molecule has 2 aliphatic carbocycles. The van der Waals surface area contributed by atoms with Gasteiger partial charge in [0, 0.05) is 30.5 Å². The van der Waals surface area contributed by atoms with E-state index in [1.165, 1.54) is 36.8 Å². The van der Waals surface area contributed by atoms with Gasteiger partial charge in [0.1, 0.15) is 5.75 Å². The first-order valence-electron chi connectivity index (χ1n) is 7.71. The summed E-state index contributed by atoms with van der Waals surface area (Å²) in [5.41, 5.74) is 3.95. The second-order valence-electron chi connectivity index (χ2n) is 5.92. The van der Waals surface area contributed by atoms with Crippen LogP contribution < -0.4 is 10.1 Å². The number of nitrogens with one attached hydrogen (secondary N) is 1. The van der Waals surface area contributed by atoms with Crippen molar-refractivity contribution in [2.45, 2.75) is 44.7 Å². The largest absolute Gasteiger partial charge is 0.424 e. The van der Waals surface area contributed by atoms with Crippen molar-refractivity contribution in [1.29, 1.82) is 0 Å². The van der Waals surface area contributed by atoms with Gasteiger partial charge in [-0.2, -0.15) is 0 Å². The van der Waals surface area contributed by atoms with Gasteiger partial charge in [0.2, 0.25) is 0 Å². The zero-order valence-corrected chi connectivity index (χ0v) is 12.0. The van der Waals surface area contributed by atoms with Gasteiger partial charge in [-0.05, 0) is 55.4 Å². The van der Waals surface area contributed by atoms with Crippen molar-refractivity contribution in [3.8, 4) is 11.8 Å². The third-order valence-corrected chi connectivity index (χ3v) is 4.13. The molecular formula is C17H19N3O. The van der Waals surface area contributed by atoms with Gasteiger partial charge in [-0.15, -0.1) is 0 Å². The lowest BCUT2D eigenvalue weighted by Crippen LogP contribution is -2.15. The summed E-state index contributed by atoms with van der Waals surface area (Å²) in [6.07, 6.45) is 9.85. The van der Waals surface area contributed by atoms with Gasteiger partial charge in [0.25, 0.3) is 0 Å². The molecule has 0 spiro atoms. The van der Waals surface area contributed by atoms with Crippen LogP contribution in [0.15, 0.2) is 30.6 Å². The Kier molecular flexibility index (Phi) is 3.31. The molecule has 0 unspecified atom stereocenters. The van der Waals surface area contributed by atoms with Crippen LogP contribution in [0.2, 0.25) is 0 Å². The molecule has 2 aromatic rings. The Morgan fingerprint density at radius 1 is 1.10 bits per heavy atom. The summed E-state index contributed by atoms with van der Waals surface area (Å²) in [6.45, 7) is 0.837. The van der Waals surface area contributed by atoms with Crippen LogP contribution >= 0.6 is 0 Å². The summed E-state index contributed by atoms with van der Waals surface area (Å²) in [5, 5.41) is 3.45. The lowest BCUT2D eigenvalue weighted by atomic mass is 10.1. The lowest BCUT2D eigenvalue weighted by Gasteiger charge is -2.07. The van der Waals surface area contributed by atoms with E-state index < -0.39 is 0 Å². The fourth-order valence-electron chi connectivity index (χ4n) is 2.75. The highest BCUT2D eigenvalue weighted by atomic mass is 16.5. The number of hydrogen-bond donors (Lipinski definition) is 1. The molecule has 1 heterocycles. The van der Waals surface area contributed by atoms with E-state index in [0.717, 1.165) is 24.3 Å². The summed E-state index contributed by atoms with van der Waals surface area (Å²) in [5.74, 6) is 0.833. The van der Waals surface area contributed by atoms with E-state index in [2.05, 4.69) is 27.4 Å². The van der Waals surface area contributed by atoms with Crippen molar-refractivity contribution in [2.24, 2.45) is 0 Å². The molecule has 0 radical (unpaired) electrons. The predicted octanol–water partition coefficient (Wildman–Crippen LogP) is 3.01. The fraction of sp³-hybridized carbons (Fsp3) is 0.412. The summed E-state index contributed by atoms with van der Waals surface area (Å²) in [6, 6.07) is 7.41. The average molecular weight is 281 g/mol. The summed E-state index contributed by atoms with van der Waals surface area (Å²) in [4.78, 5) is 8.59. The Morgan fingerprint density at radius 3 is 2.71 bits per heavy atom. The number of hydrogen-bond acceptors (Lipinski definition) is 4. The Morgan fingerprint density at radius 2 is 1.90 bits per heavy atom. The van der Waals surface area contributed by atoms with Gasteiger partial charge in [0.15, 0.2) is 0 Å². The number of ether oxygens (including phenoxy) is 1. The molecule has 1 aromatic carbocycles. The maximum Gasteiger partial charge on any atom is 0.321 e. The zero-order chi connectivity index (χ0) is 14.1. The molecule has 1 saturated carbocycles. The van der Waals surface area contributed by atoms with Crippen molar-refractivity contribution in [2.75, 3.05) is 0 Å². The predicted molar refractivity (Wildman–Crippen MR) is 80.4 cm³/mol. The molecule has 0 bridgehead atoms. The molecule has 21 heavy (non-hydrogen) atoms. The highest BCUT2D eigenvalue weighted by Gasteiger charge is 2.20. The van der Waals surface area contributed by atoms with Crippen molar-refractivity contribution < 1.29 is 4.74 Å². The van der Waals surface area contributed by atoms with Crippen LogP contribution in [0.3, 0.4) is 0 Å². The third-order valence-electron chi connectivity index (χ3n) is 4.13. The number of aryl methyl sites for hydroxylation is 2. The van der Waals surface area contributed by atoms with Crippen molar-refractivity contribution in [3.63, 3.8) is 0 Å². The van der Waals surface area contributed by atoms with E-state index in [4.69, 9.17) is 4.74 Å². The quantitative estimate of drug-likeness (QED) is 0.915. The van der Waals surface area contributed by atoms with E-state index in [0.29, 0.717) is 12.1 Å². The SMILES string of the molecule is c1nc(Oc2ccc3c(c2)CCC3)ncc1CNC1CC1. The molecule has 0 saturated heterocycles. The lowest BCUT2D eigenvalue weighted by molar-refractivity contribution is 0.440. The Balaban J connectivity index is 1.41. The van der Waals surface area contributed by atoms with Gasteiger partial charge in [-0.1, -0.05) is 6.07 Å². The van der Waals surface area contributed by atoms with Crippen LogP contribution in [0.4, 0.5) is 0 Å².